The highest BCUT2D eigenvalue weighted by Crippen LogP contribution is 2.25. The number of aromatic nitrogens is 1. The molecule has 0 aliphatic carbocycles. The SMILES string of the molecule is CC(C)(C)OC(=O)NC(C)(C)C(=O)NC(COCc1ccccc1)C(=O)Nc1ccn(C(C(=O)N2CCCC2)c2ccccc2)c1. The Labute approximate surface area is 270 Å². The van der Waals surface area contributed by atoms with Crippen molar-refractivity contribution in [3.8, 4) is 0 Å². The summed E-state index contributed by atoms with van der Waals surface area (Å²) < 4.78 is 12.9. The van der Waals surface area contributed by atoms with Gasteiger partial charge in [0.2, 0.25) is 17.7 Å². The molecule has 2 unspecified atom stereocenters. The zero-order valence-electron chi connectivity index (χ0n) is 27.2. The van der Waals surface area contributed by atoms with Gasteiger partial charge in [0, 0.05) is 25.5 Å². The number of carbonyl (C=O) groups is 4. The van der Waals surface area contributed by atoms with Crippen molar-refractivity contribution in [3.63, 3.8) is 0 Å². The van der Waals surface area contributed by atoms with Gasteiger partial charge in [0.1, 0.15) is 23.2 Å². The molecule has 4 amide bonds. The van der Waals surface area contributed by atoms with E-state index in [1.54, 1.807) is 43.8 Å². The summed E-state index contributed by atoms with van der Waals surface area (Å²) in [5.41, 5.74) is 0.0502. The standard InChI is InChI=1S/C35H45N5O6/c1-34(2,3)46-33(44)38-35(4,5)32(43)37-28(24-45-23-25-14-8-6-9-15-25)30(41)36-27-18-21-40(22-27)29(26-16-10-7-11-17-26)31(42)39-19-12-13-20-39/h6-11,14-18,21-22,28-29H,12-13,19-20,23-24H2,1-5H3,(H,36,41)(H,37,43)(H,38,44). The fourth-order valence-electron chi connectivity index (χ4n) is 5.07. The van der Waals surface area contributed by atoms with Crippen molar-refractivity contribution in [2.24, 2.45) is 0 Å². The van der Waals surface area contributed by atoms with Crippen LogP contribution in [0.25, 0.3) is 0 Å². The Hall–Kier alpha value is -4.64. The molecular formula is C35H45N5O6. The molecule has 4 rings (SSSR count). The predicted molar refractivity (Wildman–Crippen MR) is 175 cm³/mol. The zero-order valence-corrected chi connectivity index (χ0v) is 27.2. The van der Waals surface area contributed by atoms with Crippen LogP contribution in [0.3, 0.4) is 0 Å². The van der Waals surface area contributed by atoms with Gasteiger partial charge in [-0.2, -0.15) is 0 Å². The van der Waals surface area contributed by atoms with Crippen LogP contribution in [0.5, 0.6) is 0 Å². The molecule has 46 heavy (non-hydrogen) atoms. The van der Waals surface area contributed by atoms with Gasteiger partial charge in [-0.15, -0.1) is 0 Å². The van der Waals surface area contributed by atoms with Crippen molar-refractivity contribution in [1.82, 2.24) is 20.1 Å². The van der Waals surface area contributed by atoms with Crippen LogP contribution in [0.1, 0.15) is 64.6 Å². The largest absolute Gasteiger partial charge is 0.444 e. The lowest BCUT2D eigenvalue weighted by Gasteiger charge is -2.29. The summed E-state index contributed by atoms with van der Waals surface area (Å²) in [6, 6.07) is 19.0. The maximum absolute atomic E-state index is 13.6. The number of nitrogens with one attached hydrogen (secondary N) is 3. The number of alkyl carbamates (subject to hydrolysis) is 1. The monoisotopic (exact) mass is 631 g/mol. The highest BCUT2D eigenvalue weighted by atomic mass is 16.6. The van der Waals surface area contributed by atoms with E-state index >= 15 is 0 Å². The molecule has 1 aliphatic rings. The molecule has 2 heterocycles. The first-order valence-electron chi connectivity index (χ1n) is 15.6. The molecule has 2 aromatic carbocycles. The molecule has 0 bridgehead atoms. The summed E-state index contributed by atoms with van der Waals surface area (Å²) in [5, 5.41) is 8.16. The number of hydrogen-bond acceptors (Lipinski definition) is 6. The minimum atomic E-state index is -1.40. The molecule has 1 aromatic heterocycles. The molecule has 0 spiro atoms. The molecule has 3 N–H and O–H groups in total. The van der Waals surface area contributed by atoms with Gasteiger partial charge < -0.3 is 34.9 Å². The molecule has 246 valence electrons. The quantitative estimate of drug-likeness (QED) is 0.267. The van der Waals surface area contributed by atoms with Crippen LogP contribution in [-0.2, 0) is 30.5 Å². The maximum Gasteiger partial charge on any atom is 0.408 e. The number of benzene rings is 2. The number of likely N-dealkylation sites (tertiary alicyclic amines) is 1. The molecule has 2 atom stereocenters. The Bertz CT molecular complexity index is 1480. The Morgan fingerprint density at radius 1 is 0.870 bits per heavy atom. The van der Waals surface area contributed by atoms with Gasteiger partial charge in [0.15, 0.2) is 0 Å². The molecule has 11 heteroatoms. The molecule has 1 aliphatic heterocycles. The van der Waals surface area contributed by atoms with Crippen molar-refractivity contribution >= 4 is 29.5 Å². The fraction of sp³-hybridized carbons (Fsp3) is 0.429. The van der Waals surface area contributed by atoms with E-state index in [4.69, 9.17) is 9.47 Å². The van der Waals surface area contributed by atoms with Crippen LogP contribution >= 0.6 is 0 Å². The Morgan fingerprint density at radius 3 is 2.13 bits per heavy atom. The van der Waals surface area contributed by atoms with Crippen molar-refractivity contribution in [1.29, 1.82) is 0 Å². The van der Waals surface area contributed by atoms with Gasteiger partial charge in [-0.3, -0.25) is 14.4 Å². The van der Waals surface area contributed by atoms with Crippen LogP contribution in [0, 0.1) is 0 Å². The van der Waals surface area contributed by atoms with E-state index in [1.807, 2.05) is 65.6 Å². The summed E-state index contributed by atoms with van der Waals surface area (Å²) in [4.78, 5) is 54.9. The number of anilines is 1. The third kappa shape index (κ3) is 9.68. The van der Waals surface area contributed by atoms with E-state index in [2.05, 4.69) is 16.0 Å². The number of carbonyl (C=O) groups excluding carboxylic acids is 4. The first-order chi connectivity index (χ1) is 21.8. The first kappa shape index (κ1) is 34.2. The lowest BCUT2D eigenvalue weighted by atomic mass is 10.0. The van der Waals surface area contributed by atoms with Gasteiger partial charge in [0.05, 0.1) is 18.9 Å². The van der Waals surface area contributed by atoms with E-state index in [9.17, 15) is 19.2 Å². The third-order valence-electron chi connectivity index (χ3n) is 7.45. The van der Waals surface area contributed by atoms with E-state index in [0.717, 1.165) is 37.1 Å². The van der Waals surface area contributed by atoms with Crippen LogP contribution in [0.2, 0.25) is 0 Å². The minimum absolute atomic E-state index is 0.00338. The Kier molecular flexibility index (Phi) is 11.2. The second-order valence-corrected chi connectivity index (χ2v) is 13.0. The van der Waals surface area contributed by atoms with Crippen molar-refractivity contribution < 1.29 is 28.7 Å². The second-order valence-electron chi connectivity index (χ2n) is 13.0. The highest BCUT2D eigenvalue weighted by molar-refractivity contribution is 5.99. The van der Waals surface area contributed by atoms with Crippen molar-refractivity contribution in [2.45, 2.75) is 77.3 Å². The average Bonchev–Trinajstić information content (AvgIpc) is 3.69. The third-order valence-corrected chi connectivity index (χ3v) is 7.45. The number of amides is 4. The highest BCUT2D eigenvalue weighted by Gasteiger charge is 2.35. The van der Waals surface area contributed by atoms with Crippen LogP contribution in [0.4, 0.5) is 10.5 Å². The summed E-state index contributed by atoms with van der Waals surface area (Å²) >= 11 is 0. The fourth-order valence-corrected chi connectivity index (χ4v) is 5.07. The van der Waals surface area contributed by atoms with E-state index in [-0.39, 0.29) is 19.1 Å². The minimum Gasteiger partial charge on any atom is -0.444 e. The normalized spacial score (nSPS) is 14.7. The summed E-state index contributed by atoms with van der Waals surface area (Å²) in [6.45, 7) is 9.75. The molecule has 0 saturated carbocycles. The predicted octanol–water partition coefficient (Wildman–Crippen LogP) is 4.64. The number of rotatable bonds is 12. The topological polar surface area (TPSA) is 131 Å². The molecule has 1 saturated heterocycles. The maximum atomic E-state index is 13.6. The van der Waals surface area contributed by atoms with Gasteiger partial charge in [0.25, 0.3) is 0 Å². The summed E-state index contributed by atoms with van der Waals surface area (Å²) in [5.74, 6) is -1.12. The van der Waals surface area contributed by atoms with Crippen LogP contribution in [-0.4, -0.2) is 70.2 Å². The second kappa shape index (κ2) is 15.1. The van der Waals surface area contributed by atoms with Gasteiger partial charge in [-0.1, -0.05) is 60.7 Å². The van der Waals surface area contributed by atoms with E-state index in [0.29, 0.717) is 5.69 Å². The summed E-state index contributed by atoms with van der Waals surface area (Å²) in [6.07, 6.45) is 4.66. The van der Waals surface area contributed by atoms with E-state index < -0.39 is 41.1 Å². The smallest absolute Gasteiger partial charge is 0.408 e. The van der Waals surface area contributed by atoms with E-state index in [1.165, 1.54) is 13.8 Å². The first-order valence-corrected chi connectivity index (χ1v) is 15.6. The lowest BCUT2D eigenvalue weighted by molar-refractivity contribution is -0.132. The van der Waals surface area contributed by atoms with Crippen LogP contribution in [0.15, 0.2) is 79.1 Å². The molecule has 11 nitrogen and oxygen atoms in total. The lowest BCUT2D eigenvalue weighted by Crippen LogP contribution is -2.59. The summed E-state index contributed by atoms with van der Waals surface area (Å²) in [7, 11) is 0. The van der Waals surface area contributed by atoms with Gasteiger partial charge in [-0.25, -0.2) is 4.79 Å². The van der Waals surface area contributed by atoms with Crippen LogP contribution < -0.4 is 16.0 Å². The number of nitrogens with zero attached hydrogens (tertiary/aromatic N) is 2. The van der Waals surface area contributed by atoms with Gasteiger partial charge in [-0.05, 0) is 64.7 Å². The average molecular weight is 632 g/mol. The van der Waals surface area contributed by atoms with Crippen molar-refractivity contribution in [3.05, 3.63) is 90.3 Å². The zero-order chi connectivity index (χ0) is 33.3. The number of hydrogen-bond donors (Lipinski definition) is 3. The molecule has 3 aromatic rings. The van der Waals surface area contributed by atoms with Gasteiger partial charge >= 0.3 is 6.09 Å². The molecule has 1 fully saturated rings. The Balaban J connectivity index is 1.49. The molecular weight excluding hydrogens is 586 g/mol. The van der Waals surface area contributed by atoms with Crippen molar-refractivity contribution in [2.75, 3.05) is 25.0 Å². The Morgan fingerprint density at radius 2 is 1.50 bits per heavy atom. The number of ether oxygens (including phenoxy) is 2. The molecule has 0 radical (unpaired) electrons.